The Morgan fingerprint density at radius 3 is 2.33 bits per heavy atom. The predicted molar refractivity (Wildman–Crippen MR) is 213 cm³/mol. The first kappa shape index (κ1) is 37.8. The number of piperidine rings is 1. The highest BCUT2D eigenvalue weighted by Gasteiger charge is 2.28. The summed E-state index contributed by atoms with van der Waals surface area (Å²) in [6, 6.07) is 15.8. The van der Waals surface area contributed by atoms with Crippen LogP contribution in [0.15, 0.2) is 54.7 Å². The second-order valence-electron chi connectivity index (χ2n) is 14.2. The minimum atomic E-state index is -0.263. The topological polar surface area (TPSA) is 139 Å². The van der Waals surface area contributed by atoms with Gasteiger partial charge in [0.1, 0.15) is 22.3 Å². The lowest BCUT2D eigenvalue weighted by Crippen LogP contribution is -2.48. The highest BCUT2D eigenvalue weighted by atomic mass is 35.5. The summed E-state index contributed by atoms with van der Waals surface area (Å²) in [6.45, 7) is 14.9. The summed E-state index contributed by atoms with van der Waals surface area (Å²) >= 11 is 7.55. The molecule has 0 saturated carbocycles. The Morgan fingerprint density at radius 2 is 1.63 bits per heavy atom. The van der Waals surface area contributed by atoms with Crippen LogP contribution in [0.4, 0.5) is 22.5 Å². The van der Waals surface area contributed by atoms with Crippen LogP contribution in [0.1, 0.15) is 57.4 Å². The summed E-state index contributed by atoms with van der Waals surface area (Å²) in [7, 11) is 0. The van der Waals surface area contributed by atoms with Gasteiger partial charge < -0.3 is 20.4 Å². The number of para-hydroxylation sites is 1. The zero-order valence-electron chi connectivity index (χ0n) is 30.8. The van der Waals surface area contributed by atoms with Gasteiger partial charge in [-0.15, -0.1) is 0 Å². The van der Waals surface area contributed by atoms with Gasteiger partial charge in [-0.05, 0) is 62.5 Å². The van der Waals surface area contributed by atoms with E-state index in [1.807, 2.05) is 44.2 Å². The third-order valence-corrected chi connectivity index (χ3v) is 11.6. The molecule has 15 heteroatoms. The molecule has 1 unspecified atom stereocenters. The normalized spacial score (nSPS) is 18.8. The minimum absolute atomic E-state index is 0.177. The zero-order chi connectivity index (χ0) is 37.6. The van der Waals surface area contributed by atoms with E-state index >= 15 is 0 Å². The fourth-order valence-electron chi connectivity index (χ4n) is 7.30. The Balaban J connectivity index is 0.812. The molecule has 13 nitrogen and oxygen atoms in total. The van der Waals surface area contributed by atoms with Gasteiger partial charge in [0.2, 0.25) is 11.8 Å². The molecule has 4 aromatic rings. The minimum Gasteiger partial charge on any atom is -0.354 e. The van der Waals surface area contributed by atoms with E-state index in [1.54, 1.807) is 12.3 Å². The molecule has 3 amide bonds. The van der Waals surface area contributed by atoms with Crippen molar-refractivity contribution in [1.29, 1.82) is 0 Å². The van der Waals surface area contributed by atoms with Gasteiger partial charge in [-0.3, -0.25) is 29.5 Å². The van der Waals surface area contributed by atoms with Gasteiger partial charge in [-0.25, -0.2) is 15.0 Å². The van der Waals surface area contributed by atoms with Gasteiger partial charge in [0.25, 0.3) is 5.91 Å². The van der Waals surface area contributed by atoms with Crippen molar-refractivity contribution in [2.45, 2.75) is 45.6 Å². The van der Waals surface area contributed by atoms with Crippen LogP contribution in [0.25, 0.3) is 0 Å². The van der Waals surface area contributed by atoms with Gasteiger partial charge in [0.15, 0.2) is 5.13 Å². The number of thiazole rings is 1. The zero-order valence-corrected chi connectivity index (χ0v) is 32.4. The Labute approximate surface area is 325 Å². The number of aryl methyl sites for hydroxylation is 2. The summed E-state index contributed by atoms with van der Waals surface area (Å²) in [5.41, 5.74) is 3.73. The molecule has 3 aliphatic heterocycles. The number of hydrogen-bond acceptors (Lipinski definition) is 12. The molecule has 54 heavy (non-hydrogen) atoms. The number of nitrogens with one attached hydrogen (secondary N) is 3. The van der Waals surface area contributed by atoms with Crippen LogP contribution in [0.5, 0.6) is 0 Å². The van der Waals surface area contributed by atoms with Crippen molar-refractivity contribution in [3.8, 4) is 0 Å². The number of aromatic nitrogens is 3. The first-order valence-corrected chi connectivity index (χ1v) is 19.9. The first-order chi connectivity index (χ1) is 26.2. The van der Waals surface area contributed by atoms with Gasteiger partial charge >= 0.3 is 0 Å². The molecule has 284 valence electrons. The van der Waals surface area contributed by atoms with E-state index in [2.05, 4.69) is 57.7 Å². The lowest BCUT2D eigenvalue weighted by atomic mass is 9.90. The lowest BCUT2D eigenvalue weighted by Gasteiger charge is -2.37. The van der Waals surface area contributed by atoms with E-state index in [4.69, 9.17) is 16.6 Å². The van der Waals surface area contributed by atoms with Gasteiger partial charge in [0.05, 0.1) is 22.8 Å². The van der Waals surface area contributed by atoms with Crippen LogP contribution >= 0.6 is 22.9 Å². The van der Waals surface area contributed by atoms with E-state index in [1.165, 1.54) is 16.9 Å². The van der Waals surface area contributed by atoms with E-state index in [0.717, 1.165) is 95.4 Å². The number of halogens is 1. The van der Waals surface area contributed by atoms with Crippen LogP contribution in [0.2, 0.25) is 5.02 Å². The molecule has 0 spiro atoms. The number of imide groups is 1. The van der Waals surface area contributed by atoms with E-state index in [0.29, 0.717) is 45.2 Å². The molecule has 2 aromatic carbocycles. The number of rotatable bonds is 12. The summed E-state index contributed by atoms with van der Waals surface area (Å²) in [6.07, 6.45) is 3.68. The second-order valence-corrected chi connectivity index (χ2v) is 15.7. The summed E-state index contributed by atoms with van der Waals surface area (Å²) < 4.78 is 0. The largest absolute Gasteiger partial charge is 0.354 e. The fraction of sp³-hybridized carbons (Fsp3) is 0.436. The first-order valence-electron chi connectivity index (χ1n) is 18.7. The molecule has 1 atom stereocenters. The van der Waals surface area contributed by atoms with Crippen LogP contribution in [-0.2, 0) is 16.1 Å². The van der Waals surface area contributed by atoms with Gasteiger partial charge in [0, 0.05) is 71.4 Å². The Kier molecular flexibility index (Phi) is 12.1. The van der Waals surface area contributed by atoms with Crippen molar-refractivity contribution >= 4 is 63.1 Å². The number of piperazine rings is 2. The number of carbonyl (C=O) groups is 3. The Hall–Kier alpha value is -4.47. The number of carbonyl (C=O) groups excluding carboxylic acids is 3. The number of hydrogen-bond donors (Lipinski definition) is 3. The van der Waals surface area contributed by atoms with E-state index < -0.39 is 0 Å². The highest BCUT2D eigenvalue weighted by molar-refractivity contribution is 7.17. The second kappa shape index (κ2) is 17.3. The third kappa shape index (κ3) is 9.60. The van der Waals surface area contributed by atoms with E-state index in [-0.39, 0.29) is 23.6 Å². The van der Waals surface area contributed by atoms with Crippen molar-refractivity contribution in [2.75, 3.05) is 81.0 Å². The fourth-order valence-corrected chi connectivity index (χ4v) is 8.29. The molecule has 7 rings (SSSR count). The molecular formula is C39H47ClN10O3S. The van der Waals surface area contributed by atoms with Crippen LogP contribution < -0.4 is 20.9 Å². The van der Waals surface area contributed by atoms with Crippen LogP contribution in [0.3, 0.4) is 0 Å². The molecule has 3 N–H and O–H groups in total. The highest BCUT2D eigenvalue weighted by Crippen LogP contribution is 2.29. The molecular weight excluding hydrogens is 724 g/mol. The Bertz CT molecular complexity index is 1940. The smallest absolute Gasteiger partial charge is 0.267 e. The molecule has 5 heterocycles. The number of nitrogens with zero attached hydrogens (tertiary/aromatic N) is 7. The average Bonchev–Trinajstić information content (AvgIpc) is 3.63. The van der Waals surface area contributed by atoms with Crippen LogP contribution in [0, 0.1) is 13.8 Å². The van der Waals surface area contributed by atoms with Gasteiger partial charge in [-0.2, -0.15) is 0 Å². The Morgan fingerprint density at radius 1 is 0.926 bits per heavy atom. The maximum absolute atomic E-state index is 12.9. The maximum Gasteiger partial charge on any atom is 0.267 e. The van der Waals surface area contributed by atoms with Crippen LogP contribution in [-0.4, -0.2) is 113 Å². The van der Waals surface area contributed by atoms with Gasteiger partial charge in [-0.1, -0.05) is 59.3 Å². The maximum atomic E-state index is 12.9. The molecule has 3 fully saturated rings. The molecule has 0 radical (unpaired) electrons. The number of anilines is 4. The monoisotopic (exact) mass is 770 g/mol. The van der Waals surface area contributed by atoms with Crippen molar-refractivity contribution in [3.05, 3.63) is 87.1 Å². The number of benzene rings is 2. The standard InChI is InChI=1S/C39H47ClN10O3S/c1-26-5-3-6-31(40)36(26)46-38(53)32-24-41-39(54-32)44-33-23-34(43-27(2)42-33)50-21-19-48(20-22-50)14-4-13-47-15-17-49(18-16-47)25-28-7-9-29(10-8-28)30-11-12-35(51)45-37(30)52/h3,5-10,23-24,30H,4,11-22,25H2,1-2H3,(H,46,53)(H,45,51,52)(H,41,42,43,44). The SMILES string of the molecule is Cc1nc(Nc2ncc(C(=O)Nc3c(C)cccc3Cl)s2)cc(N2CCN(CCCN3CCN(Cc4ccc(C5CCC(=O)NC5=O)cc4)CC3)CC2)n1. The summed E-state index contributed by atoms with van der Waals surface area (Å²) in [5, 5.41) is 9.70. The molecule has 0 aliphatic carbocycles. The molecule has 0 bridgehead atoms. The predicted octanol–water partition coefficient (Wildman–Crippen LogP) is 5.05. The average molecular weight is 771 g/mol. The number of amides is 3. The quantitative estimate of drug-likeness (QED) is 0.167. The molecule has 2 aromatic heterocycles. The van der Waals surface area contributed by atoms with E-state index in [9.17, 15) is 14.4 Å². The van der Waals surface area contributed by atoms with Crippen molar-refractivity contribution in [3.63, 3.8) is 0 Å². The summed E-state index contributed by atoms with van der Waals surface area (Å²) in [4.78, 5) is 60.8. The van der Waals surface area contributed by atoms with Crippen molar-refractivity contribution < 1.29 is 14.4 Å². The molecule has 3 aliphatic rings. The third-order valence-electron chi connectivity index (χ3n) is 10.4. The van der Waals surface area contributed by atoms with Crippen molar-refractivity contribution in [1.82, 2.24) is 35.0 Å². The van der Waals surface area contributed by atoms with Crippen molar-refractivity contribution in [2.24, 2.45) is 0 Å². The molecule has 3 saturated heterocycles. The lowest BCUT2D eigenvalue weighted by molar-refractivity contribution is -0.134. The summed E-state index contributed by atoms with van der Waals surface area (Å²) in [5.74, 6) is 1.34.